The van der Waals surface area contributed by atoms with Crippen molar-refractivity contribution in [2.45, 2.75) is 89.6 Å². The first-order valence-corrected chi connectivity index (χ1v) is 9.20. The topological polar surface area (TPSA) is 15.3 Å². The summed E-state index contributed by atoms with van der Waals surface area (Å²) >= 11 is 0. The van der Waals surface area contributed by atoms with Gasteiger partial charge < -0.3 is 5.32 Å². The van der Waals surface area contributed by atoms with Crippen molar-refractivity contribution in [1.29, 1.82) is 0 Å². The normalized spacial score (nSPS) is 24.8. The highest BCUT2D eigenvalue weighted by molar-refractivity contribution is 5.02. The maximum Gasteiger partial charge on any atom is 0.0359 e. The summed E-state index contributed by atoms with van der Waals surface area (Å²) in [6.45, 7) is 7.49. The third-order valence-corrected chi connectivity index (χ3v) is 6.22. The molecule has 2 heteroatoms. The van der Waals surface area contributed by atoms with Gasteiger partial charge in [-0.1, -0.05) is 39.5 Å². The van der Waals surface area contributed by atoms with Crippen molar-refractivity contribution in [2.24, 2.45) is 5.92 Å². The zero-order chi connectivity index (χ0) is 14.4. The number of nitrogens with one attached hydrogen (secondary N) is 1. The Bertz CT molecular complexity index is 259. The summed E-state index contributed by atoms with van der Waals surface area (Å²) in [6.07, 6.45) is 14.1. The molecule has 1 saturated heterocycles. The van der Waals surface area contributed by atoms with E-state index in [0.717, 1.165) is 5.92 Å². The van der Waals surface area contributed by atoms with Gasteiger partial charge in [0.1, 0.15) is 0 Å². The molecule has 1 heterocycles. The van der Waals surface area contributed by atoms with E-state index < -0.39 is 0 Å². The maximum absolute atomic E-state index is 3.78. The second-order valence-electron chi connectivity index (χ2n) is 7.02. The molecule has 2 nitrogen and oxygen atoms in total. The van der Waals surface area contributed by atoms with E-state index in [1.54, 1.807) is 0 Å². The van der Waals surface area contributed by atoms with Crippen LogP contribution in [0.3, 0.4) is 0 Å². The summed E-state index contributed by atoms with van der Waals surface area (Å²) < 4.78 is 0. The minimum atomic E-state index is 0.403. The molecule has 0 aromatic heterocycles. The minimum absolute atomic E-state index is 0.403. The fraction of sp³-hybridized carbons (Fsp3) is 1.00. The molecule has 1 aliphatic carbocycles. The SMILES string of the molecule is CCC(CC)(C(NC)C1CCCCCC1)N1CCCC1. The molecular weight excluding hydrogens is 244 g/mol. The van der Waals surface area contributed by atoms with E-state index >= 15 is 0 Å². The van der Waals surface area contributed by atoms with Gasteiger partial charge >= 0.3 is 0 Å². The fourth-order valence-corrected chi connectivity index (χ4v) is 5.08. The van der Waals surface area contributed by atoms with Crippen LogP contribution >= 0.6 is 0 Å². The summed E-state index contributed by atoms with van der Waals surface area (Å²) in [5, 5.41) is 3.78. The highest BCUT2D eigenvalue weighted by atomic mass is 15.2. The predicted octanol–water partition coefficient (Wildman–Crippen LogP) is 4.20. The highest BCUT2D eigenvalue weighted by Gasteiger charge is 2.44. The number of likely N-dealkylation sites (tertiary alicyclic amines) is 1. The van der Waals surface area contributed by atoms with Gasteiger partial charge in [0.15, 0.2) is 0 Å². The van der Waals surface area contributed by atoms with Crippen LogP contribution in [-0.2, 0) is 0 Å². The third kappa shape index (κ3) is 3.22. The van der Waals surface area contributed by atoms with Crippen LogP contribution in [0.25, 0.3) is 0 Å². The largest absolute Gasteiger partial charge is 0.315 e. The molecule has 0 spiro atoms. The van der Waals surface area contributed by atoms with E-state index in [9.17, 15) is 0 Å². The van der Waals surface area contributed by atoms with E-state index in [4.69, 9.17) is 0 Å². The van der Waals surface area contributed by atoms with E-state index in [0.29, 0.717) is 11.6 Å². The lowest BCUT2D eigenvalue weighted by Crippen LogP contribution is -2.62. The van der Waals surface area contributed by atoms with Crippen LogP contribution in [0.5, 0.6) is 0 Å². The van der Waals surface area contributed by atoms with Gasteiger partial charge in [0.2, 0.25) is 0 Å². The maximum atomic E-state index is 3.78. The number of rotatable bonds is 6. The van der Waals surface area contributed by atoms with Gasteiger partial charge in [0, 0.05) is 11.6 Å². The van der Waals surface area contributed by atoms with Gasteiger partial charge in [0.25, 0.3) is 0 Å². The average Bonchev–Trinajstić information content (AvgIpc) is 2.89. The molecule has 1 saturated carbocycles. The van der Waals surface area contributed by atoms with Crippen molar-refractivity contribution in [1.82, 2.24) is 10.2 Å². The first-order chi connectivity index (χ1) is 9.78. The van der Waals surface area contributed by atoms with Crippen LogP contribution in [0.4, 0.5) is 0 Å². The molecule has 0 aromatic carbocycles. The molecule has 0 amide bonds. The Morgan fingerprint density at radius 2 is 1.50 bits per heavy atom. The van der Waals surface area contributed by atoms with E-state index in [1.807, 2.05) is 0 Å². The van der Waals surface area contributed by atoms with Crippen LogP contribution < -0.4 is 5.32 Å². The van der Waals surface area contributed by atoms with Crippen LogP contribution in [0.1, 0.15) is 78.1 Å². The van der Waals surface area contributed by atoms with Gasteiger partial charge in [-0.25, -0.2) is 0 Å². The first-order valence-electron chi connectivity index (χ1n) is 9.20. The molecule has 0 bridgehead atoms. The van der Waals surface area contributed by atoms with Crippen molar-refractivity contribution in [3.63, 3.8) is 0 Å². The zero-order valence-electron chi connectivity index (χ0n) is 14.1. The Morgan fingerprint density at radius 3 is 1.95 bits per heavy atom. The van der Waals surface area contributed by atoms with Gasteiger partial charge in [-0.15, -0.1) is 0 Å². The predicted molar refractivity (Wildman–Crippen MR) is 88.2 cm³/mol. The lowest BCUT2D eigenvalue weighted by molar-refractivity contribution is 0.0368. The summed E-state index contributed by atoms with van der Waals surface area (Å²) in [5.74, 6) is 0.892. The number of hydrogen-bond acceptors (Lipinski definition) is 2. The third-order valence-electron chi connectivity index (χ3n) is 6.22. The Hall–Kier alpha value is -0.0800. The molecule has 2 fully saturated rings. The quantitative estimate of drug-likeness (QED) is 0.734. The van der Waals surface area contributed by atoms with Crippen LogP contribution in [0.2, 0.25) is 0 Å². The minimum Gasteiger partial charge on any atom is -0.315 e. The molecule has 0 radical (unpaired) electrons. The van der Waals surface area contributed by atoms with Crippen LogP contribution in [0, 0.1) is 5.92 Å². The number of hydrogen-bond donors (Lipinski definition) is 1. The molecular formula is C18H36N2. The van der Waals surface area contributed by atoms with E-state index in [-0.39, 0.29) is 0 Å². The van der Waals surface area contributed by atoms with Gasteiger partial charge in [-0.3, -0.25) is 4.90 Å². The lowest BCUT2D eigenvalue weighted by atomic mass is 9.74. The molecule has 2 rings (SSSR count). The average molecular weight is 280 g/mol. The Kier molecular flexibility index (Phi) is 6.35. The Morgan fingerprint density at radius 1 is 0.950 bits per heavy atom. The summed E-state index contributed by atoms with van der Waals surface area (Å²) in [6, 6.07) is 0.689. The van der Waals surface area contributed by atoms with Gasteiger partial charge in [-0.2, -0.15) is 0 Å². The Labute approximate surface area is 126 Å². The summed E-state index contributed by atoms with van der Waals surface area (Å²) in [7, 11) is 2.21. The second kappa shape index (κ2) is 7.79. The molecule has 1 atom stereocenters. The number of nitrogens with zero attached hydrogens (tertiary/aromatic N) is 1. The zero-order valence-corrected chi connectivity index (χ0v) is 14.1. The van der Waals surface area contributed by atoms with Crippen molar-refractivity contribution in [3.8, 4) is 0 Å². The van der Waals surface area contributed by atoms with Crippen molar-refractivity contribution < 1.29 is 0 Å². The monoisotopic (exact) mass is 280 g/mol. The van der Waals surface area contributed by atoms with Crippen LogP contribution in [-0.4, -0.2) is 36.6 Å². The molecule has 20 heavy (non-hydrogen) atoms. The van der Waals surface area contributed by atoms with Gasteiger partial charge in [0.05, 0.1) is 0 Å². The molecule has 1 aliphatic heterocycles. The lowest BCUT2D eigenvalue weighted by Gasteiger charge is -2.49. The summed E-state index contributed by atoms with van der Waals surface area (Å²) in [5.41, 5.74) is 0.403. The smallest absolute Gasteiger partial charge is 0.0359 e. The second-order valence-corrected chi connectivity index (χ2v) is 7.02. The van der Waals surface area contributed by atoms with E-state index in [1.165, 1.54) is 77.3 Å². The van der Waals surface area contributed by atoms with E-state index in [2.05, 4.69) is 31.1 Å². The Balaban J connectivity index is 2.18. The standard InChI is InChI=1S/C18H36N2/c1-4-18(5-2,20-14-10-11-15-20)17(19-3)16-12-8-6-7-9-13-16/h16-17,19H,4-15H2,1-3H3. The molecule has 1 unspecified atom stereocenters. The first kappa shape index (κ1) is 16.3. The molecule has 118 valence electrons. The fourth-order valence-electron chi connectivity index (χ4n) is 5.08. The molecule has 2 aliphatic rings. The van der Waals surface area contributed by atoms with Crippen molar-refractivity contribution in [3.05, 3.63) is 0 Å². The highest BCUT2D eigenvalue weighted by Crippen LogP contribution is 2.38. The number of likely N-dealkylation sites (N-methyl/N-ethyl adjacent to an activating group) is 1. The van der Waals surface area contributed by atoms with Crippen molar-refractivity contribution >= 4 is 0 Å². The molecule has 0 aromatic rings. The van der Waals surface area contributed by atoms with Gasteiger partial charge in [-0.05, 0) is 64.6 Å². The molecule has 1 N–H and O–H groups in total. The summed E-state index contributed by atoms with van der Waals surface area (Å²) in [4.78, 5) is 2.83. The van der Waals surface area contributed by atoms with Crippen molar-refractivity contribution in [2.75, 3.05) is 20.1 Å². The van der Waals surface area contributed by atoms with Crippen LogP contribution in [0.15, 0.2) is 0 Å².